The van der Waals surface area contributed by atoms with Crippen LogP contribution >= 0.6 is 16.1 Å². The number of H-pyrrole nitrogens is 1. The third kappa shape index (κ3) is 8.11. The molecule has 1 saturated carbocycles. The van der Waals surface area contributed by atoms with Gasteiger partial charge in [-0.15, -0.1) is 10.2 Å². The van der Waals surface area contributed by atoms with E-state index in [1.165, 1.54) is 17.0 Å². The predicted molar refractivity (Wildman–Crippen MR) is 158 cm³/mol. The number of nitrogens with one attached hydrogen (secondary N) is 3. The number of carbonyl (C=O) groups is 3. The van der Waals surface area contributed by atoms with Gasteiger partial charge in [0.25, 0.3) is 5.91 Å². The van der Waals surface area contributed by atoms with Crippen LogP contribution in [0.15, 0.2) is 48.5 Å². The second-order valence-corrected chi connectivity index (χ2v) is 11.8. The summed E-state index contributed by atoms with van der Waals surface area (Å²) in [5, 5.41) is 16.3. The fraction of sp³-hybridized carbons (Fsp3) is 0.448. The lowest BCUT2D eigenvalue weighted by atomic mass is 9.81. The van der Waals surface area contributed by atoms with Gasteiger partial charge >= 0.3 is 6.09 Å². The van der Waals surface area contributed by atoms with Gasteiger partial charge in [0.1, 0.15) is 17.5 Å². The van der Waals surface area contributed by atoms with Crippen molar-refractivity contribution in [2.24, 2.45) is 11.8 Å². The number of alkyl carbamates (subject to hydrolysis) is 1. The minimum absolute atomic E-state index is 0.0780. The fourth-order valence-corrected chi connectivity index (χ4v) is 5.39. The molecule has 4 rings (SSSR count). The standard InChI is InChI=1S/C29H35BrFN7O4/c1-29(2,3)42-28(41)32-17-19-9-11-20(12-10-19)27(40)38(24(26(39)33-30)15-18-7-5-4-6-8-18)21-13-14-22(23(31)16-21)25-34-36-37-35-25/h4-8,13-14,16,19-20,24H,9-12,15,17H2,1-3H3,(H,32,41)(H,33,39)(H,34,35,36,37)/t19?,20?,24-/m0/s1. The molecule has 0 spiro atoms. The zero-order chi connectivity index (χ0) is 30.3. The summed E-state index contributed by atoms with van der Waals surface area (Å²) < 4.78 is 23.2. The zero-order valence-electron chi connectivity index (χ0n) is 23.8. The smallest absolute Gasteiger partial charge is 0.407 e. The minimum Gasteiger partial charge on any atom is -0.444 e. The van der Waals surface area contributed by atoms with Gasteiger partial charge in [-0.25, -0.2) is 9.18 Å². The van der Waals surface area contributed by atoms with E-state index in [0.717, 1.165) is 5.56 Å². The first-order valence-corrected chi connectivity index (χ1v) is 14.6. The van der Waals surface area contributed by atoms with Crippen molar-refractivity contribution in [2.45, 2.75) is 64.5 Å². The Bertz CT molecular complexity index is 1360. The largest absolute Gasteiger partial charge is 0.444 e. The molecular weight excluding hydrogens is 609 g/mol. The number of benzene rings is 2. The molecule has 3 aromatic rings. The summed E-state index contributed by atoms with van der Waals surface area (Å²) in [6, 6.07) is 12.7. The molecule has 0 saturated heterocycles. The first-order chi connectivity index (χ1) is 20.1. The van der Waals surface area contributed by atoms with Crippen molar-refractivity contribution in [1.29, 1.82) is 0 Å². The zero-order valence-corrected chi connectivity index (χ0v) is 25.4. The van der Waals surface area contributed by atoms with Crippen molar-refractivity contribution < 1.29 is 23.5 Å². The minimum atomic E-state index is -0.957. The predicted octanol–water partition coefficient (Wildman–Crippen LogP) is 4.71. The summed E-state index contributed by atoms with van der Waals surface area (Å²) in [6.07, 6.45) is 2.29. The van der Waals surface area contributed by atoms with E-state index >= 15 is 4.39 Å². The number of anilines is 1. The van der Waals surface area contributed by atoms with E-state index in [2.05, 4.69) is 46.4 Å². The van der Waals surface area contributed by atoms with Crippen molar-refractivity contribution in [3.63, 3.8) is 0 Å². The first kappa shape index (κ1) is 31.1. The molecular formula is C29H35BrFN7O4. The van der Waals surface area contributed by atoms with Crippen LogP contribution in [0.3, 0.4) is 0 Å². The lowest BCUT2D eigenvalue weighted by Gasteiger charge is -2.36. The number of halogens is 2. The van der Waals surface area contributed by atoms with Crippen LogP contribution in [0.1, 0.15) is 52.0 Å². The lowest BCUT2D eigenvalue weighted by Crippen LogP contribution is -2.52. The van der Waals surface area contributed by atoms with Crippen LogP contribution in [0.5, 0.6) is 0 Å². The average Bonchev–Trinajstić information content (AvgIpc) is 3.50. The van der Waals surface area contributed by atoms with Gasteiger partial charge in [-0.1, -0.05) is 30.3 Å². The van der Waals surface area contributed by atoms with Gasteiger partial charge in [0.2, 0.25) is 11.7 Å². The van der Waals surface area contributed by atoms with Crippen LogP contribution in [0.25, 0.3) is 11.4 Å². The molecule has 0 unspecified atom stereocenters. The van der Waals surface area contributed by atoms with E-state index in [4.69, 9.17) is 4.74 Å². The number of hydrogen-bond donors (Lipinski definition) is 3. The quantitative estimate of drug-likeness (QED) is 0.287. The third-order valence-electron chi connectivity index (χ3n) is 7.16. The van der Waals surface area contributed by atoms with Gasteiger partial charge in [0.05, 0.1) is 5.56 Å². The van der Waals surface area contributed by atoms with Crippen molar-refractivity contribution in [1.82, 2.24) is 30.3 Å². The Morgan fingerprint density at radius 2 is 1.83 bits per heavy atom. The second kappa shape index (κ2) is 13.9. The van der Waals surface area contributed by atoms with Crippen molar-refractivity contribution in [2.75, 3.05) is 11.4 Å². The number of amides is 3. The molecule has 11 nitrogen and oxygen atoms in total. The SMILES string of the molecule is CC(C)(C)OC(=O)NCC1CCC(C(=O)N(c2ccc(-c3nn[nH]n3)c(F)c2)[C@@H](Cc2ccccc2)C(=O)NBr)CC1. The Morgan fingerprint density at radius 3 is 2.43 bits per heavy atom. The topological polar surface area (TPSA) is 142 Å². The molecule has 13 heteroatoms. The number of aromatic nitrogens is 4. The number of ether oxygens (including phenoxy) is 1. The van der Waals surface area contributed by atoms with Crippen LogP contribution < -0.4 is 14.6 Å². The maximum Gasteiger partial charge on any atom is 0.407 e. The van der Waals surface area contributed by atoms with Crippen LogP contribution in [0.2, 0.25) is 0 Å². The molecule has 1 aliphatic carbocycles. The summed E-state index contributed by atoms with van der Waals surface area (Å²) in [5.74, 6) is -1.48. The molecule has 1 aromatic heterocycles. The molecule has 2 aromatic carbocycles. The number of aromatic amines is 1. The van der Waals surface area contributed by atoms with Gasteiger partial charge in [-0.2, -0.15) is 5.21 Å². The van der Waals surface area contributed by atoms with Gasteiger partial charge < -0.3 is 10.1 Å². The Kier molecular flexibility index (Phi) is 10.3. The summed E-state index contributed by atoms with van der Waals surface area (Å²) in [7, 11) is 0. The molecule has 1 atom stereocenters. The highest BCUT2D eigenvalue weighted by Gasteiger charge is 2.37. The van der Waals surface area contributed by atoms with E-state index in [0.29, 0.717) is 32.2 Å². The molecule has 0 bridgehead atoms. The maximum absolute atomic E-state index is 15.3. The van der Waals surface area contributed by atoms with Crippen LogP contribution in [-0.4, -0.2) is 56.7 Å². The van der Waals surface area contributed by atoms with E-state index in [-0.39, 0.29) is 41.2 Å². The molecule has 0 aliphatic heterocycles. The molecule has 1 aliphatic rings. The molecule has 42 heavy (non-hydrogen) atoms. The maximum atomic E-state index is 15.3. The van der Waals surface area contributed by atoms with Crippen molar-refractivity contribution in [3.8, 4) is 11.4 Å². The van der Waals surface area contributed by atoms with Gasteiger partial charge in [-0.05, 0) is 81.3 Å². The third-order valence-corrected chi connectivity index (χ3v) is 7.55. The summed E-state index contributed by atoms with van der Waals surface area (Å²) in [4.78, 5) is 40.9. The number of tetrazole rings is 1. The summed E-state index contributed by atoms with van der Waals surface area (Å²) >= 11 is 3.04. The Hall–Kier alpha value is -3.87. The van der Waals surface area contributed by atoms with Crippen molar-refractivity contribution in [3.05, 3.63) is 59.9 Å². The van der Waals surface area contributed by atoms with Crippen LogP contribution in [0.4, 0.5) is 14.9 Å². The molecule has 0 radical (unpaired) electrons. The highest BCUT2D eigenvalue weighted by atomic mass is 79.9. The molecule has 1 fully saturated rings. The molecule has 3 amide bonds. The Labute approximate surface area is 252 Å². The molecule has 3 N–H and O–H groups in total. The number of carbonyl (C=O) groups excluding carboxylic acids is 3. The molecule has 1 heterocycles. The number of hydrogen-bond acceptors (Lipinski definition) is 7. The van der Waals surface area contributed by atoms with Crippen molar-refractivity contribution >= 4 is 39.7 Å². The van der Waals surface area contributed by atoms with E-state index in [1.807, 2.05) is 30.3 Å². The normalized spacial score (nSPS) is 17.6. The van der Waals surface area contributed by atoms with Gasteiger partial charge in [-0.3, -0.25) is 18.8 Å². The highest BCUT2D eigenvalue weighted by Crippen LogP contribution is 2.34. The second-order valence-electron chi connectivity index (χ2n) is 11.4. The number of rotatable bonds is 9. The highest BCUT2D eigenvalue weighted by molar-refractivity contribution is 9.08. The Morgan fingerprint density at radius 1 is 1.12 bits per heavy atom. The first-order valence-electron chi connectivity index (χ1n) is 13.8. The summed E-state index contributed by atoms with van der Waals surface area (Å²) in [6.45, 7) is 5.87. The van der Waals surface area contributed by atoms with Gasteiger partial charge in [0, 0.05) is 40.7 Å². The Balaban J connectivity index is 1.56. The summed E-state index contributed by atoms with van der Waals surface area (Å²) in [5.41, 5.74) is 0.619. The average molecular weight is 645 g/mol. The number of nitrogens with zero attached hydrogens (tertiary/aromatic N) is 4. The van der Waals surface area contributed by atoms with E-state index < -0.39 is 29.5 Å². The van der Waals surface area contributed by atoms with E-state index in [1.54, 1.807) is 26.8 Å². The van der Waals surface area contributed by atoms with E-state index in [9.17, 15) is 14.4 Å². The monoisotopic (exact) mass is 643 g/mol. The molecule has 224 valence electrons. The lowest BCUT2D eigenvalue weighted by molar-refractivity contribution is -0.128. The fourth-order valence-electron chi connectivity index (χ4n) is 5.13. The van der Waals surface area contributed by atoms with Crippen LogP contribution in [0, 0.1) is 17.7 Å². The van der Waals surface area contributed by atoms with Crippen LogP contribution in [-0.2, 0) is 20.7 Å². The van der Waals surface area contributed by atoms with Gasteiger partial charge in [0.15, 0.2) is 0 Å².